The standard InChI is InChI=1S/C17H30N4O/c1-4-19-17(20-10-6-7-13-22-5-2)21-12-9-16-8-11-18-14-15(16)3/h8,11,14H,4-7,9-10,12-13H2,1-3H3,(H2,19,20,21). The normalized spacial score (nSPS) is 11.5. The Morgan fingerprint density at radius 2 is 2.14 bits per heavy atom. The van der Waals surface area contributed by atoms with Crippen molar-refractivity contribution in [3.05, 3.63) is 29.6 Å². The molecule has 0 bridgehead atoms. The van der Waals surface area contributed by atoms with Crippen LogP contribution in [0.25, 0.3) is 0 Å². The van der Waals surface area contributed by atoms with Crippen LogP contribution in [0.5, 0.6) is 0 Å². The van der Waals surface area contributed by atoms with Crippen LogP contribution in [-0.2, 0) is 11.2 Å². The van der Waals surface area contributed by atoms with Crippen LogP contribution in [0, 0.1) is 6.92 Å². The molecule has 0 aliphatic carbocycles. The summed E-state index contributed by atoms with van der Waals surface area (Å²) in [6, 6.07) is 2.08. The summed E-state index contributed by atoms with van der Waals surface area (Å²) in [7, 11) is 0. The lowest BCUT2D eigenvalue weighted by atomic mass is 10.1. The predicted octanol–water partition coefficient (Wildman–Crippen LogP) is 2.30. The van der Waals surface area contributed by atoms with Gasteiger partial charge in [0.25, 0.3) is 0 Å². The number of ether oxygens (including phenoxy) is 1. The largest absolute Gasteiger partial charge is 0.382 e. The van der Waals surface area contributed by atoms with E-state index in [4.69, 9.17) is 4.74 Å². The van der Waals surface area contributed by atoms with E-state index < -0.39 is 0 Å². The van der Waals surface area contributed by atoms with E-state index in [9.17, 15) is 0 Å². The van der Waals surface area contributed by atoms with Gasteiger partial charge in [-0.1, -0.05) is 0 Å². The predicted molar refractivity (Wildman–Crippen MR) is 92.4 cm³/mol. The van der Waals surface area contributed by atoms with Gasteiger partial charge < -0.3 is 15.4 Å². The first kappa shape index (κ1) is 18.4. The molecule has 1 aromatic rings. The molecule has 0 radical (unpaired) electrons. The van der Waals surface area contributed by atoms with Crippen molar-refractivity contribution in [3.8, 4) is 0 Å². The number of nitrogens with zero attached hydrogens (tertiary/aromatic N) is 2. The molecule has 0 fully saturated rings. The van der Waals surface area contributed by atoms with Gasteiger partial charge in [0.1, 0.15) is 0 Å². The first-order valence-corrected chi connectivity index (χ1v) is 8.27. The van der Waals surface area contributed by atoms with Crippen LogP contribution in [0.2, 0.25) is 0 Å². The van der Waals surface area contributed by atoms with Crippen LogP contribution in [0.3, 0.4) is 0 Å². The lowest BCUT2D eigenvalue weighted by Gasteiger charge is -2.12. The molecule has 124 valence electrons. The molecule has 1 rings (SSSR count). The average molecular weight is 306 g/mol. The van der Waals surface area contributed by atoms with Crippen molar-refractivity contribution in [3.63, 3.8) is 0 Å². The number of aliphatic imine (C=N–C) groups is 1. The van der Waals surface area contributed by atoms with Crippen molar-refractivity contribution >= 4 is 5.96 Å². The van der Waals surface area contributed by atoms with Gasteiger partial charge in [0.05, 0.1) is 0 Å². The third-order valence-corrected chi connectivity index (χ3v) is 3.34. The van der Waals surface area contributed by atoms with Crippen molar-refractivity contribution in [1.82, 2.24) is 15.6 Å². The molecule has 0 saturated heterocycles. The summed E-state index contributed by atoms with van der Waals surface area (Å²) in [5.74, 6) is 0.894. The Bertz CT molecular complexity index is 434. The Balaban J connectivity index is 2.29. The maximum absolute atomic E-state index is 5.33. The minimum atomic E-state index is 0.794. The number of hydrogen-bond donors (Lipinski definition) is 2. The van der Waals surface area contributed by atoms with E-state index in [2.05, 4.69) is 40.5 Å². The number of hydrogen-bond acceptors (Lipinski definition) is 3. The topological polar surface area (TPSA) is 58.5 Å². The lowest BCUT2D eigenvalue weighted by Crippen LogP contribution is -2.38. The quantitative estimate of drug-likeness (QED) is 0.396. The summed E-state index contributed by atoms with van der Waals surface area (Å²) < 4.78 is 5.33. The Morgan fingerprint density at radius 3 is 2.86 bits per heavy atom. The van der Waals surface area contributed by atoms with E-state index in [1.807, 2.05) is 19.3 Å². The Labute approximate surface area is 134 Å². The lowest BCUT2D eigenvalue weighted by molar-refractivity contribution is 0.144. The molecule has 2 N–H and O–H groups in total. The fourth-order valence-electron chi connectivity index (χ4n) is 2.09. The highest BCUT2D eigenvalue weighted by Crippen LogP contribution is 2.04. The smallest absolute Gasteiger partial charge is 0.191 e. The highest BCUT2D eigenvalue weighted by molar-refractivity contribution is 5.79. The second-order valence-electron chi connectivity index (χ2n) is 5.14. The number of aromatic nitrogens is 1. The number of nitrogens with one attached hydrogen (secondary N) is 2. The Kier molecular flexibility index (Phi) is 10.0. The van der Waals surface area contributed by atoms with Gasteiger partial charge in [0, 0.05) is 45.2 Å². The molecule has 0 unspecified atom stereocenters. The summed E-state index contributed by atoms with van der Waals surface area (Å²) >= 11 is 0. The third kappa shape index (κ3) is 7.98. The van der Waals surface area contributed by atoms with Crippen LogP contribution in [-0.4, -0.2) is 43.8 Å². The van der Waals surface area contributed by atoms with Crippen molar-refractivity contribution in [2.24, 2.45) is 4.99 Å². The third-order valence-electron chi connectivity index (χ3n) is 3.34. The SMILES string of the molecule is CCNC(=NCCCCOCC)NCCc1ccncc1C. The van der Waals surface area contributed by atoms with Crippen LogP contribution in [0.4, 0.5) is 0 Å². The molecule has 0 atom stereocenters. The highest BCUT2D eigenvalue weighted by atomic mass is 16.5. The molecule has 0 aromatic carbocycles. The molecule has 0 amide bonds. The van der Waals surface area contributed by atoms with Crippen molar-refractivity contribution in [2.75, 3.05) is 32.8 Å². The monoisotopic (exact) mass is 306 g/mol. The first-order chi connectivity index (χ1) is 10.8. The van der Waals surface area contributed by atoms with Crippen molar-refractivity contribution < 1.29 is 4.74 Å². The summed E-state index contributed by atoms with van der Waals surface area (Å²) in [6.07, 6.45) is 6.85. The fourth-order valence-corrected chi connectivity index (χ4v) is 2.09. The van der Waals surface area contributed by atoms with E-state index in [1.54, 1.807) is 0 Å². The van der Waals surface area contributed by atoms with E-state index in [1.165, 1.54) is 11.1 Å². The Morgan fingerprint density at radius 1 is 1.27 bits per heavy atom. The second-order valence-corrected chi connectivity index (χ2v) is 5.14. The molecule has 0 aliphatic rings. The molecule has 1 aromatic heterocycles. The summed E-state index contributed by atoms with van der Waals surface area (Å²) in [6.45, 7) is 10.4. The molecule has 22 heavy (non-hydrogen) atoms. The van der Waals surface area contributed by atoms with E-state index in [-0.39, 0.29) is 0 Å². The zero-order valence-electron chi connectivity index (χ0n) is 14.2. The molecule has 0 saturated carbocycles. The van der Waals surface area contributed by atoms with Gasteiger partial charge in [0.2, 0.25) is 0 Å². The van der Waals surface area contributed by atoms with Gasteiger partial charge >= 0.3 is 0 Å². The average Bonchev–Trinajstić information content (AvgIpc) is 2.52. The minimum Gasteiger partial charge on any atom is -0.382 e. The van der Waals surface area contributed by atoms with Gasteiger partial charge in [-0.2, -0.15) is 0 Å². The maximum atomic E-state index is 5.33. The van der Waals surface area contributed by atoms with E-state index in [0.717, 1.165) is 58.1 Å². The number of guanidine groups is 1. The second kappa shape index (κ2) is 12.0. The minimum absolute atomic E-state index is 0.794. The van der Waals surface area contributed by atoms with Crippen molar-refractivity contribution in [2.45, 2.75) is 40.0 Å². The van der Waals surface area contributed by atoms with Gasteiger partial charge in [0.15, 0.2) is 5.96 Å². The number of aryl methyl sites for hydroxylation is 1. The van der Waals surface area contributed by atoms with Gasteiger partial charge in [-0.25, -0.2) is 0 Å². The molecular weight excluding hydrogens is 276 g/mol. The molecule has 0 spiro atoms. The Hall–Kier alpha value is -1.62. The zero-order chi connectivity index (χ0) is 16.0. The molecular formula is C17H30N4O. The maximum Gasteiger partial charge on any atom is 0.191 e. The van der Waals surface area contributed by atoms with E-state index in [0.29, 0.717) is 0 Å². The van der Waals surface area contributed by atoms with Crippen LogP contribution in [0.15, 0.2) is 23.5 Å². The number of rotatable bonds is 10. The first-order valence-electron chi connectivity index (χ1n) is 8.27. The zero-order valence-corrected chi connectivity index (χ0v) is 14.2. The van der Waals surface area contributed by atoms with Crippen LogP contribution >= 0.6 is 0 Å². The van der Waals surface area contributed by atoms with Crippen LogP contribution in [0.1, 0.15) is 37.8 Å². The van der Waals surface area contributed by atoms with Gasteiger partial charge in [-0.15, -0.1) is 0 Å². The highest BCUT2D eigenvalue weighted by Gasteiger charge is 2.00. The summed E-state index contributed by atoms with van der Waals surface area (Å²) in [5.41, 5.74) is 2.57. The fraction of sp³-hybridized carbons (Fsp3) is 0.647. The summed E-state index contributed by atoms with van der Waals surface area (Å²) in [4.78, 5) is 8.71. The molecule has 5 nitrogen and oxygen atoms in total. The number of pyridine rings is 1. The molecule has 0 aliphatic heterocycles. The number of unbranched alkanes of at least 4 members (excludes halogenated alkanes) is 1. The van der Waals surface area contributed by atoms with Crippen molar-refractivity contribution in [1.29, 1.82) is 0 Å². The van der Waals surface area contributed by atoms with Gasteiger partial charge in [-0.3, -0.25) is 9.98 Å². The van der Waals surface area contributed by atoms with Gasteiger partial charge in [-0.05, 0) is 57.2 Å². The summed E-state index contributed by atoms with van der Waals surface area (Å²) in [5, 5.41) is 6.67. The molecule has 5 heteroatoms. The van der Waals surface area contributed by atoms with Crippen LogP contribution < -0.4 is 10.6 Å². The van der Waals surface area contributed by atoms with E-state index >= 15 is 0 Å². The molecule has 1 heterocycles.